The molecule has 142 valence electrons. The van der Waals surface area contributed by atoms with Gasteiger partial charge < -0.3 is 14.4 Å². The highest BCUT2D eigenvalue weighted by Crippen LogP contribution is 2.40. The lowest BCUT2D eigenvalue weighted by Gasteiger charge is -2.39. The summed E-state index contributed by atoms with van der Waals surface area (Å²) in [5.41, 5.74) is 0.910. The lowest BCUT2D eigenvalue weighted by molar-refractivity contribution is -0.146. The molecule has 5 heteroatoms. The molecule has 0 saturated carbocycles. The summed E-state index contributed by atoms with van der Waals surface area (Å²) in [4.78, 5) is 17.4. The molecule has 0 bridgehead atoms. The number of ether oxygens (including phenoxy) is 2. The van der Waals surface area contributed by atoms with Crippen LogP contribution in [-0.4, -0.2) is 69.3 Å². The molecule has 0 unspecified atom stereocenters. The molecular weight excluding hydrogens is 328 g/mol. The van der Waals surface area contributed by atoms with Gasteiger partial charge in [0.05, 0.1) is 19.1 Å². The predicted octanol–water partition coefficient (Wildman–Crippen LogP) is 2.67. The molecule has 0 aliphatic carbocycles. The molecule has 1 spiro atoms. The summed E-state index contributed by atoms with van der Waals surface area (Å²) in [5.74, 6) is 1.22. The Hall–Kier alpha value is -1.85. The van der Waals surface area contributed by atoms with Gasteiger partial charge in [-0.1, -0.05) is 30.4 Å². The zero-order valence-electron chi connectivity index (χ0n) is 15.9. The third-order valence-electron chi connectivity index (χ3n) is 5.62. The Balaban J connectivity index is 1.58. The van der Waals surface area contributed by atoms with Crippen LogP contribution in [0.1, 0.15) is 24.8 Å². The first-order chi connectivity index (χ1) is 12.7. The van der Waals surface area contributed by atoms with Crippen LogP contribution in [0.3, 0.4) is 0 Å². The van der Waals surface area contributed by atoms with Crippen LogP contribution in [0.15, 0.2) is 30.3 Å². The van der Waals surface area contributed by atoms with E-state index < -0.39 is 0 Å². The summed E-state index contributed by atoms with van der Waals surface area (Å²) in [7, 11) is 3.39. The largest absolute Gasteiger partial charge is 0.496 e. The molecule has 0 radical (unpaired) electrons. The highest BCUT2D eigenvalue weighted by atomic mass is 16.5. The summed E-state index contributed by atoms with van der Waals surface area (Å²) in [6.07, 6.45) is 7.37. The quantitative estimate of drug-likeness (QED) is 0.752. The molecule has 1 aromatic carbocycles. The first-order valence-electron chi connectivity index (χ1n) is 9.49. The van der Waals surface area contributed by atoms with Gasteiger partial charge in [-0.2, -0.15) is 0 Å². The second-order valence-corrected chi connectivity index (χ2v) is 7.30. The van der Waals surface area contributed by atoms with Crippen LogP contribution in [0.4, 0.5) is 0 Å². The number of carbonyl (C=O) groups is 1. The second-order valence-electron chi connectivity index (χ2n) is 7.30. The van der Waals surface area contributed by atoms with Crippen molar-refractivity contribution in [3.8, 4) is 5.75 Å². The van der Waals surface area contributed by atoms with Crippen LogP contribution >= 0.6 is 0 Å². The van der Waals surface area contributed by atoms with Crippen molar-refractivity contribution in [2.45, 2.75) is 19.3 Å². The van der Waals surface area contributed by atoms with Crippen LogP contribution in [0, 0.1) is 5.41 Å². The van der Waals surface area contributed by atoms with Crippen LogP contribution < -0.4 is 4.74 Å². The van der Waals surface area contributed by atoms with E-state index in [2.05, 4.69) is 23.1 Å². The topological polar surface area (TPSA) is 42.0 Å². The highest BCUT2D eigenvalue weighted by molar-refractivity contribution is 5.84. The van der Waals surface area contributed by atoms with Crippen LogP contribution in [0.5, 0.6) is 5.75 Å². The van der Waals surface area contributed by atoms with Crippen molar-refractivity contribution in [1.82, 2.24) is 9.80 Å². The number of piperidine rings is 1. The SMILES string of the molecule is COCCN1CCC[C@@]2(CCN(C/C=C/c3ccccc3OC)C2)C1=O. The van der Waals surface area contributed by atoms with Gasteiger partial charge in [0, 0.05) is 38.9 Å². The Morgan fingerprint density at radius 1 is 1.19 bits per heavy atom. The molecule has 2 aliphatic heterocycles. The summed E-state index contributed by atoms with van der Waals surface area (Å²) in [6.45, 7) is 4.92. The Labute approximate surface area is 156 Å². The van der Waals surface area contributed by atoms with E-state index in [1.54, 1.807) is 14.2 Å². The number of nitrogens with zero attached hydrogens (tertiary/aromatic N) is 2. The van der Waals surface area contributed by atoms with Crippen molar-refractivity contribution in [2.75, 3.05) is 53.6 Å². The molecule has 2 saturated heterocycles. The van der Waals surface area contributed by atoms with Gasteiger partial charge in [-0.15, -0.1) is 0 Å². The van der Waals surface area contributed by atoms with Crippen molar-refractivity contribution >= 4 is 12.0 Å². The molecule has 0 aromatic heterocycles. The minimum atomic E-state index is -0.176. The molecule has 2 heterocycles. The van der Waals surface area contributed by atoms with E-state index in [0.29, 0.717) is 19.1 Å². The first kappa shape index (κ1) is 18.9. The minimum absolute atomic E-state index is 0.176. The molecule has 1 atom stereocenters. The van der Waals surface area contributed by atoms with Crippen molar-refractivity contribution in [2.24, 2.45) is 5.41 Å². The fraction of sp³-hybridized carbons (Fsp3) is 0.571. The van der Waals surface area contributed by atoms with Gasteiger partial charge in [-0.3, -0.25) is 9.69 Å². The van der Waals surface area contributed by atoms with E-state index in [0.717, 1.165) is 56.8 Å². The first-order valence-corrected chi connectivity index (χ1v) is 9.49. The monoisotopic (exact) mass is 358 g/mol. The molecule has 2 aliphatic rings. The van der Waals surface area contributed by atoms with E-state index in [-0.39, 0.29) is 5.41 Å². The number of benzene rings is 1. The van der Waals surface area contributed by atoms with Crippen LogP contribution in [0.2, 0.25) is 0 Å². The number of methoxy groups -OCH3 is 2. The van der Waals surface area contributed by atoms with Crippen molar-refractivity contribution in [3.63, 3.8) is 0 Å². The van der Waals surface area contributed by atoms with Gasteiger partial charge in [0.25, 0.3) is 0 Å². The van der Waals surface area contributed by atoms with Gasteiger partial charge in [0.15, 0.2) is 0 Å². The molecule has 26 heavy (non-hydrogen) atoms. The Bertz CT molecular complexity index is 646. The summed E-state index contributed by atoms with van der Waals surface area (Å²) in [5, 5.41) is 0. The zero-order valence-corrected chi connectivity index (χ0v) is 15.9. The molecule has 2 fully saturated rings. The molecule has 3 rings (SSSR count). The maximum absolute atomic E-state index is 13.0. The molecule has 1 aromatic rings. The number of amides is 1. The van der Waals surface area contributed by atoms with E-state index in [1.165, 1.54) is 0 Å². The summed E-state index contributed by atoms with van der Waals surface area (Å²) < 4.78 is 10.5. The number of hydrogen-bond acceptors (Lipinski definition) is 4. The summed E-state index contributed by atoms with van der Waals surface area (Å²) >= 11 is 0. The highest BCUT2D eigenvalue weighted by Gasteiger charge is 2.47. The van der Waals surface area contributed by atoms with Gasteiger partial charge in [-0.05, 0) is 31.9 Å². The van der Waals surface area contributed by atoms with E-state index in [9.17, 15) is 4.79 Å². The fourth-order valence-corrected chi connectivity index (χ4v) is 4.19. The normalized spacial score (nSPS) is 24.1. The fourth-order valence-electron chi connectivity index (χ4n) is 4.19. The number of hydrogen-bond donors (Lipinski definition) is 0. The standard InChI is InChI=1S/C21H30N2O3/c1-25-16-15-23-13-6-10-21(20(23)24)11-14-22(17-21)12-5-8-18-7-3-4-9-19(18)26-2/h3-5,7-9H,6,10-17H2,1-2H3/b8-5+/t21-/m0/s1. The van der Waals surface area contributed by atoms with Gasteiger partial charge in [0.1, 0.15) is 5.75 Å². The van der Waals surface area contributed by atoms with E-state index in [4.69, 9.17) is 9.47 Å². The van der Waals surface area contributed by atoms with E-state index >= 15 is 0 Å². The number of likely N-dealkylation sites (tertiary alicyclic amines) is 2. The third kappa shape index (κ3) is 4.10. The minimum Gasteiger partial charge on any atom is -0.496 e. The molecule has 1 amide bonds. The van der Waals surface area contributed by atoms with Crippen molar-refractivity contribution in [3.05, 3.63) is 35.9 Å². The number of carbonyl (C=O) groups excluding carboxylic acids is 1. The van der Waals surface area contributed by atoms with Crippen LogP contribution in [-0.2, 0) is 9.53 Å². The number of para-hydroxylation sites is 1. The average molecular weight is 358 g/mol. The number of rotatable bonds is 7. The van der Waals surface area contributed by atoms with Crippen LogP contribution in [0.25, 0.3) is 6.08 Å². The molecule has 5 nitrogen and oxygen atoms in total. The lowest BCUT2D eigenvalue weighted by atomic mass is 9.78. The average Bonchev–Trinajstić information content (AvgIpc) is 3.07. The van der Waals surface area contributed by atoms with Gasteiger partial charge in [0.2, 0.25) is 5.91 Å². The maximum Gasteiger partial charge on any atom is 0.230 e. The lowest BCUT2D eigenvalue weighted by Crippen LogP contribution is -2.50. The van der Waals surface area contributed by atoms with Crippen molar-refractivity contribution < 1.29 is 14.3 Å². The Kier molecular flexibility index (Phi) is 6.33. The Morgan fingerprint density at radius 2 is 2.04 bits per heavy atom. The summed E-state index contributed by atoms with van der Waals surface area (Å²) in [6, 6.07) is 8.02. The van der Waals surface area contributed by atoms with Crippen molar-refractivity contribution in [1.29, 1.82) is 0 Å². The zero-order chi connectivity index (χ0) is 18.4. The van der Waals surface area contributed by atoms with Gasteiger partial charge >= 0.3 is 0 Å². The predicted molar refractivity (Wildman–Crippen MR) is 103 cm³/mol. The van der Waals surface area contributed by atoms with E-state index in [1.807, 2.05) is 23.1 Å². The smallest absolute Gasteiger partial charge is 0.230 e. The maximum atomic E-state index is 13.0. The second kappa shape index (κ2) is 8.69. The van der Waals surface area contributed by atoms with Gasteiger partial charge in [-0.25, -0.2) is 0 Å². The third-order valence-corrected chi connectivity index (χ3v) is 5.62. The molecule has 0 N–H and O–H groups in total. The molecular formula is C21H30N2O3. The Morgan fingerprint density at radius 3 is 2.85 bits per heavy atom.